The first kappa shape index (κ1) is 30.8. The Hall–Kier alpha value is -0.400. The van der Waals surface area contributed by atoms with Gasteiger partial charge < -0.3 is 24.9 Å². The van der Waals surface area contributed by atoms with E-state index in [1.807, 2.05) is 0 Å². The van der Waals surface area contributed by atoms with Gasteiger partial charge in [-0.05, 0) is 11.0 Å². The summed E-state index contributed by atoms with van der Waals surface area (Å²) in [5.74, 6) is 1.62. The minimum absolute atomic E-state index is 0.266. The number of hydrogen-bond donors (Lipinski definition) is 7. The number of carbonyl (C=O) groups excluding carboxylic acids is 4. The van der Waals surface area contributed by atoms with Crippen molar-refractivity contribution in [3.63, 3.8) is 0 Å². The van der Waals surface area contributed by atoms with Gasteiger partial charge in [0.05, 0.1) is 12.1 Å². The van der Waals surface area contributed by atoms with Crippen LogP contribution < -0.4 is 29.6 Å². The molecule has 2 heterocycles. The summed E-state index contributed by atoms with van der Waals surface area (Å²) in [6.07, 6.45) is 0.790. The van der Waals surface area contributed by atoms with E-state index in [0.717, 1.165) is 17.6 Å². The molecule has 0 aliphatic carbocycles. The first-order valence-electron chi connectivity index (χ1n) is 10.2. The van der Waals surface area contributed by atoms with E-state index in [1.165, 1.54) is 33.7 Å². The number of amides is 2. The smallest absolute Gasteiger partial charge is 0.265 e. The zero-order chi connectivity index (χ0) is 25.6. The van der Waals surface area contributed by atoms with Crippen LogP contribution in [-0.4, -0.2) is 84.6 Å². The third-order valence-corrected chi connectivity index (χ3v) is 9.21. The first-order valence-corrected chi connectivity index (χ1v) is 16.1. The molecule has 0 aromatic carbocycles. The lowest BCUT2D eigenvalue weighted by atomic mass is 10.3. The van der Waals surface area contributed by atoms with Gasteiger partial charge in [0.25, 0.3) is 11.8 Å². The molecule has 10 nitrogen and oxygen atoms in total. The number of nitrogens with one attached hydrogen (secondary N) is 4. The van der Waals surface area contributed by atoms with Crippen molar-refractivity contribution >= 4 is 106 Å². The summed E-state index contributed by atoms with van der Waals surface area (Å²) >= 11 is 14.2. The highest BCUT2D eigenvalue weighted by Gasteiger charge is 2.31. The number of aldehydes is 1. The molecule has 0 saturated carbocycles. The number of thiophene rings is 1. The molecule has 4 N–H and O–H groups in total. The van der Waals surface area contributed by atoms with E-state index in [1.54, 1.807) is 0 Å². The Kier molecular flexibility index (Phi) is 15.1. The lowest BCUT2D eigenvalue weighted by Gasteiger charge is -2.17. The molecule has 196 valence electrons. The van der Waals surface area contributed by atoms with Gasteiger partial charge >= 0.3 is 0 Å². The molecule has 0 saturated heterocycles. The van der Waals surface area contributed by atoms with Gasteiger partial charge in [-0.15, -0.1) is 24.0 Å². The Balaban J connectivity index is 1.84. The highest BCUT2D eigenvalue weighted by atomic mass is 33.1. The maximum absolute atomic E-state index is 12.7. The molecule has 0 radical (unpaired) electrons. The van der Waals surface area contributed by atoms with Crippen LogP contribution in [0.5, 0.6) is 11.5 Å². The maximum Gasteiger partial charge on any atom is 0.265 e. The van der Waals surface area contributed by atoms with Gasteiger partial charge in [0.2, 0.25) is 5.12 Å². The Morgan fingerprint density at radius 1 is 0.971 bits per heavy atom. The molecule has 2 rings (SSSR count). The summed E-state index contributed by atoms with van der Waals surface area (Å²) < 4.78 is 17.1. The molecule has 2 atom stereocenters. The van der Waals surface area contributed by atoms with Crippen LogP contribution >= 0.6 is 82.9 Å². The summed E-state index contributed by atoms with van der Waals surface area (Å²) in [5, 5.41) is 5.29. The topological polar surface area (TPSA) is 135 Å². The first-order chi connectivity index (χ1) is 16.9. The summed E-state index contributed by atoms with van der Waals surface area (Å²) in [6.45, 7) is 1.27. The molecular formula is C18H26N4O6S7. The number of rotatable bonds is 17. The third kappa shape index (κ3) is 10.1. The molecule has 2 amide bonds. The quantitative estimate of drug-likeness (QED) is 0.0449. The zero-order valence-electron chi connectivity index (χ0n) is 18.3. The summed E-state index contributed by atoms with van der Waals surface area (Å²) in [4.78, 5) is 48.0. The molecule has 1 aromatic heterocycles. The van der Waals surface area contributed by atoms with Crippen LogP contribution in [0.15, 0.2) is 0 Å². The normalized spacial score (nSPS) is 14.1. The predicted molar refractivity (Wildman–Crippen MR) is 154 cm³/mol. The number of ether oxygens (including phenoxy) is 2. The SMILES string of the molecule is O=C[C@H](CS)NSSCCNC(=O)c1sc(C(=O)NCCSN[C@@H](CS)C(=O)S)c2c1OCCO2. The van der Waals surface area contributed by atoms with Gasteiger partial charge in [-0.1, -0.05) is 22.7 Å². The minimum atomic E-state index is -0.479. The molecule has 35 heavy (non-hydrogen) atoms. The van der Waals surface area contributed by atoms with Gasteiger partial charge in [0.1, 0.15) is 29.3 Å². The van der Waals surface area contributed by atoms with Crippen LogP contribution in [-0.2, 0) is 9.59 Å². The van der Waals surface area contributed by atoms with Crippen molar-refractivity contribution in [2.75, 3.05) is 49.3 Å². The molecule has 0 bridgehead atoms. The van der Waals surface area contributed by atoms with Gasteiger partial charge in [-0.2, -0.15) is 25.3 Å². The summed E-state index contributed by atoms with van der Waals surface area (Å²) in [5.41, 5.74) is 0. The van der Waals surface area contributed by atoms with Crippen molar-refractivity contribution in [1.82, 2.24) is 20.1 Å². The van der Waals surface area contributed by atoms with Gasteiger partial charge in [0, 0.05) is 36.1 Å². The third-order valence-electron chi connectivity index (χ3n) is 4.10. The van der Waals surface area contributed by atoms with Crippen LogP contribution in [0.4, 0.5) is 0 Å². The van der Waals surface area contributed by atoms with Gasteiger partial charge in [-0.25, -0.2) is 4.72 Å². The van der Waals surface area contributed by atoms with E-state index >= 15 is 0 Å². The highest BCUT2D eigenvalue weighted by Crippen LogP contribution is 2.44. The summed E-state index contributed by atoms with van der Waals surface area (Å²) in [6, 6.07) is -0.810. The van der Waals surface area contributed by atoms with E-state index < -0.39 is 6.04 Å². The van der Waals surface area contributed by atoms with Crippen LogP contribution in [0.2, 0.25) is 0 Å². The molecule has 0 spiro atoms. The average Bonchev–Trinajstić information content (AvgIpc) is 3.25. The van der Waals surface area contributed by atoms with Crippen LogP contribution in [0.25, 0.3) is 0 Å². The average molecular weight is 619 g/mol. The molecular weight excluding hydrogens is 593 g/mol. The van der Waals surface area contributed by atoms with E-state index in [4.69, 9.17) is 9.47 Å². The van der Waals surface area contributed by atoms with Crippen molar-refractivity contribution in [2.45, 2.75) is 12.1 Å². The second-order valence-corrected chi connectivity index (χ2v) is 12.0. The fourth-order valence-electron chi connectivity index (χ4n) is 2.40. The Morgan fingerprint density at radius 3 is 2.09 bits per heavy atom. The highest BCUT2D eigenvalue weighted by molar-refractivity contribution is 8.76. The van der Waals surface area contributed by atoms with Crippen LogP contribution in [0.3, 0.4) is 0 Å². The van der Waals surface area contributed by atoms with E-state index in [-0.39, 0.29) is 57.4 Å². The lowest BCUT2D eigenvalue weighted by molar-refractivity contribution is -0.111. The van der Waals surface area contributed by atoms with E-state index in [9.17, 15) is 19.2 Å². The second-order valence-electron chi connectivity index (χ2n) is 6.62. The lowest BCUT2D eigenvalue weighted by Crippen LogP contribution is -2.33. The maximum atomic E-state index is 12.7. The molecule has 1 aliphatic heterocycles. The number of carbonyl (C=O) groups is 4. The van der Waals surface area contributed by atoms with Crippen molar-refractivity contribution in [3.8, 4) is 11.5 Å². The monoisotopic (exact) mass is 618 g/mol. The number of thiol groups is 3. The van der Waals surface area contributed by atoms with Crippen molar-refractivity contribution in [3.05, 3.63) is 9.75 Å². The van der Waals surface area contributed by atoms with E-state index in [2.05, 4.69) is 58.0 Å². The van der Waals surface area contributed by atoms with Crippen molar-refractivity contribution < 1.29 is 28.7 Å². The standard InChI is InChI=1S/C18H26N4O6S7/c23-7-10(8-29)21-35-33-6-2-20-17(25)15-13-12(27-3-4-28-13)14(34-15)16(24)19-1-5-32-22-11(9-30)18(26)31/h7,10-11,21-22,29-30H,1-6,8-9H2,(H,19,24)(H,20,25)(H,26,31)/t10-,11+/m1/s1. The number of hydrogen-bond acceptors (Lipinski definition) is 14. The second kappa shape index (κ2) is 17.2. The van der Waals surface area contributed by atoms with Crippen molar-refractivity contribution in [1.29, 1.82) is 0 Å². The Morgan fingerprint density at radius 2 is 1.57 bits per heavy atom. The zero-order valence-corrected chi connectivity index (χ0v) is 24.3. The largest absolute Gasteiger partial charge is 0.484 e. The number of fused-ring (bicyclic) bond motifs is 1. The van der Waals surface area contributed by atoms with Crippen LogP contribution in [0.1, 0.15) is 19.3 Å². The molecule has 0 fully saturated rings. The summed E-state index contributed by atoms with van der Waals surface area (Å²) in [7, 11) is 2.77. The Bertz CT molecular complexity index is 875. The van der Waals surface area contributed by atoms with Gasteiger partial charge in [-0.3, -0.25) is 19.1 Å². The Labute approximate surface area is 236 Å². The minimum Gasteiger partial charge on any atom is -0.484 e. The molecule has 17 heteroatoms. The molecule has 0 unspecified atom stereocenters. The predicted octanol–water partition coefficient (Wildman–Crippen LogP) is 1.35. The van der Waals surface area contributed by atoms with Gasteiger partial charge in [0.15, 0.2) is 11.5 Å². The molecule has 1 aromatic rings. The van der Waals surface area contributed by atoms with Crippen LogP contribution in [0, 0.1) is 0 Å². The van der Waals surface area contributed by atoms with Crippen molar-refractivity contribution in [2.24, 2.45) is 0 Å². The fraction of sp³-hybridized carbons (Fsp3) is 0.556. The fourth-order valence-corrected chi connectivity index (χ4v) is 6.88. The molecule has 1 aliphatic rings. The van der Waals surface area contributed by atoms with E-state index in [0.29, 0.717) is 36.1 Å².